The minimum atomic E-state index is -0.150. The van der Waals surface area contributed by atoms with Crippen LogP contribution in [-0.2, 0) is 13.2 Å². The Bertz CT molecular complexity index is 806. The predicted octanol–water partition coefficient (Wildman–Crippen LogP) is 2.75. The van der Waals surface area contributed by atoms with E-state index in [1.54, 1.807) is 24.7 Å². The summed E-state index contributed by atoms with van der Waals surface area (Å²) in [6.07, 6.45) is 5.03. The van der Waals surface area contributed by atoms with Crippen LogP contribution in [0.3, 0.4) is 0 Å². The van der Waals surface area contributed by atoms with E-state index in [0.717, 1.165) is 10.7 Å². The van der Waals surface area contributed by atoms with Gasteiger partial charge in [0.05, 0.1) is 24.1 Å². The van der Waals surface area contributed by atoms with Crippen molar-refractivity contribution < 1.29 is 9.53 Å². The van der Waals surface area contributed by atoms with Gasteiger partial charge in [-0.15, -0.1) is 11.3 Å². The molecule has 122 valence electrons. The molecule has 1 N–H and O–H groups in total. The van der Waals surface area contributed by atoms with Crippen molar-refractivity contribution in [1.29, 1.82) is 0 Å². The van der Waals surface area contributed by atoms with Crippen molar-refractivity contribution in [3.05, 3.63) is 70.2 Å². The zero-order chi connectivity index (χ0) is 16.8. The summed E-state index contributed by atoms with van der Waals surface area (Å²) in [6.45, 7) is 2.52. The number of rotatable bonds is 6. The van der Waals surface area contributed by atoms with Gasteiger partial charge in [0.1, 0.15) is 22.2 Å². The summed E-state index contributed by atoms with van der Waals surface area (Å²) in [5.74, 6) is 0.523. The summed E-state index contributed by atoms with van der Waals surface area (Å²) in [7, 11) is 0. The van der Waals surface area contributed by atoms with Gasteiger partial charge in [0, 0.05) is 12.4 Å². The van der Waals surface area contributed by atoms with Crippen LogP contribution in [0.2, 0.25) is 0 Å². The molecule has 0 bridgehead atoms. The van der Waals surface area contributed by atoms with Crippen LogP contribution in [0.15, 0.2) is 48.9 Å². The Morgan fingerprint density at radius 2 is 2.17 bits per heavy atom. The van der Waals surface area contributed by atoms with E-state index in [4.69, 9.17) is 4.74 Å². The third-order valence-corrected chi connectivity index (χ3v) is 4.33. The van der Waals surface area contributed by atoms with Crippen molar-refractivity contribution in [3.8, 4) is 5.75 Å². The Kier molecular flexibility index (Phi) is 5.12. The summed E-state index contributed by atoms with van der Waals surface area (Å²) in [5.41, 5.74) is 1.51. The van der Waals surface area contributed by atoms with Crippen molar-refractivity contribution in [3.63, 3.8) is 0 Å². The van der Waals surface area contributed by atoms with E-state index in [0.29, 0.717) is 29.5 Å². The number of hydrogen-bond donors (Lipinski definition) is 1. The highest BCUT2D eigenvalue weighted by molar-refractivity contribution is 7.13. The number of aromatic nitrogens is 3. The van der Waals surface area contributed by atoms with Crippen molar-refractivity contribution in [1.82, 2.24) is 20.3 Å². The number of ether oxygens (including phenoxy) is 1. The van der Waals surface area contributed by atoms with Crippen molar-refractivity contribution in [2.75, 3.05) is 0 Å². The summed E-state index contributed by atoms with van der Waals surface area (Å²) in [4.78, 5) is 25.5. The quantitative estimate of drug-likeness (QED) is 0.746. The molecule has 0 unspecified atom stereocenters. The van der Waals surface area contributed by atoms with Gasteiger partial charge in [0.2, 0.25) is 0 Å². The van der Waals surface area contributed by atoms with Gasteiger partial charge in [-0.3, -0.25) is 14.8 Å². The van der Waals surface area contributed by atoms with Crippen LogP contribution in [0, 0.1) is 6.92 Å². The van der Waals surface area contributed by atoms with Gasteiger partial charge in [-0.2, -0.15) is 0 Å². The fourth-order valence-electron chi connectivity index (χ4n) is 2.06. The fraction of sp³-hybridized carbons (Fsp3) is 0.176. The lowest BCUT2D eigenvalue weighted by molar-refractivity contribution is 0.0953. The van der Waals surface area contributed by atoms with E-state index in [9.17, 15) is 4.79 Å². The van der Waals surface area contributed by atoms with E-state index < -0.39 is 0 Å². The molecule has 1 amide bonds. The Labute approximate surface area is 143 Å². The van der Waals surface area contributed by atoms with E-state index in [1.165, 1.54) is 11.3 Å². The minimum Gasteiger partial charge on any atom is -0.485 e. The maximum atomic E-state index is 12.3. The van der Waals surface area contributed by atoms with Crippen LogP contribution in [0.25, 0.3) is 0 Å². The van der Waals surface area contributed by atoms with Crippen LogP contribution in [-0.4, -0.2) is 20.9 Å². The Morgan fingerprint density at radius 3 is 2.92 bits per heavy atom. The number of nitrogens with one attached hydrogen (secondary N) is 1. The molecular weight excluding hydrogens is 324 g/mol. The maximum absolute atomic E-state index is 12.3. The van der Waals surface area contributed by atoms with E-state index in [2.05, 4.69) is 20.3 Å². The first kappa shape index (κ1) is 16.1. The molecular formula is C17H16N4O2S. The molecule has 0 aliphatic carbocycles. The molecule has 0 saturated heterocycles. The van der Waals surface area contributed by atoms with Gasteiger partial charge in [-0.1, -0.05) is 6.07 Å². The van der Waals surface area contributed by atoms with Crippen molar-refractivity contribution in [2.45, 2.75) is 20.1 Å². The number of pyridine rings is 2. The van der Waals surface area contributed by atoms with Gasteiger partial charge in [-0.05, 0) is 31.2 Å². The highest BCUT2D eigenvalue weighted by atomic mass is 32.1. The standard InChI is InChI=1S/C17H16N4O2S/c1-12-16(17(22)20-9-13-5-2-3-8-19-13)24-15(21-12)11-23-14-6-4-7-18-10-14/h2-8,10H,9,11H2,1H3,(H,20,22). The van der Waals surface area contributed by atoms with Crippen LogP contribution in [0.1, 0.15) is 26.1 Å². The lowest BCUT2D eigenvalue weighted by atomic mass is 10.3. The zero-order valence-electron chi connectivity index (χ0n) is 13.1. The largest absolute Gasteiger partial charge is 0.485 e. The molecule has 3 rings (SSSR count). The number of nitrogens with zero attached hydrogens (tertiary/aromatic N) is 3. The molecule has 0 fully saturated rings. The fourth-order valence-corrected chi connectivity index (χ4v) is 2.95. The van der Waals surface area contributed by atoms with Crippen LogP contribution in [0.5, 0.6) is 5.75 Å². The molecule has 0 aliphatic heterocycles. The summed E-state index contributed by atoms with van der Waals surface area (Å²) < 4.78 is 5.61. The first-order valence-electron chi connectivity index (χ1n) is 7.39. The highest BCUT2D eigenvalue weighted by Crippen LogP contribution is 2.20. The second-order valence-electron chi connectivity index (χ2n) is 5.00. The lowest BCUT2D eigenvalue weighted by Crippen LogP contribution is -2.23. The van der Waals surface area contributed by atoms with Crippen molar-refractivity contribution >= 4 is 17.2 Å². The first-order chi connectivity index (χ1) is 11.7. The number of thiazole rings is 1. The Balaban J connectivity index is 1.59. The molecule has 0 atom stereocenters. The lowest BCUT2D eigenvalue weighted by Gasteiger charge is -2.03. The third-order valence-electron chi connectivity index (χ3n) is 3.20. The third kappa shape index (κ3) is 4.14. The molecule has 0 aromatic carbocycles. The molecule has 3 aromatic heterocycles. The van der Waals surface area contributed by atoms with Crippen molar-refractivity contribution in [2.24, 2.45) is 0 Å². The van der Waals surface area contributed by atoms with Gasteiger partial charge in [0.15, 0.2) is 0 Å². The average molecular weight is 340 g/mol. The zero-order valence-corrected chi connectivity index (χ0v) is 13.9. The van der Waals surface area contributed by atoms with Crippen LogP contribution in [0.4, 0.5) is 0 Å². The number of carbonyl (C=O) groups excluding carboxylic acids is 1. The second kappa shape index (κ2) is 7.65. The van der Waals surface area contributed by atoms with Gasteiger partial charge < -0.3 is 10.1 Å². The number of aryl methyl sites for hydroxylation is 1. The number of hydrogen-bond acceptors (Lipinski definition) is 6. The molecule has 7 heteroatoms. The molecule has 3 aromatic rings. The highest BCUT2D eigenvalue weighted by Gasteiger charge is 2.15. The maximum Gasteiger partial charge on any atom is 0.263 e. The first-order valence-corrected chi connectivity index (χ1v) is 8.21. The molecule has 0 radical (unpaired) electrons. The van der Waals surface area contributed by atoms with Gasteiger partial charge in [-0.25, -0.2) is 4.98 Å². The van der Waals surface area contributed by atoms with Crippen LogP contribution < -0.4 is 10.1 Å². The second-order valence-corrected chi connectivity index (χ2v) is 6.09. The smallest absolute Gasteiger partial charge is 0.263 e. The molecule has 0 saturated carbocycles. The van der Waals surface area contributed by atoms with Crippen LogP contribution >= 0.6 is 11.3 Å². The summed E-state index contributed by atoms with van der Waals surface area (Å²) in [5, 5.41) is 3.61. The molecule has 3 heterocycles. The van der Waals surface area contributed by atoms with E-state index in [-0.39, 0.29) is 5.91 Å². The Hall–Kier alpha value is -2.80. The number of amides is 1. The minimum absolute atomic E-state index is 0.150. The molecule has 6 nitrogen and oxygen atoms in total. The average Bonchev–Trinajstić information content (AvgIpc) is 3.00. The molecule has 24 heavy (non-hydrogen) atoms. The van der Waals surface area contributed by atoms with Gasteiger partial charge >= 0.3 is 0 Å². The number of carbonyl (C=O) groups is 1. The summed E-state index contributed by atoms with van der Waals surface area (Å²) in [6, 6.07) is 9.23. The SMILES string of the molecule is Cc1nc(COc2cccnc2)sc1C(=O)NCc1ccccn1. The van der Waals surface area contributed by atoms with E-state index in [1.807, 2.05) is 31.2 Å². The summed E-state index contributed by atoms with van der Waals surface area (Å²) >= 11 is 1.33. The Morgan fingerprint density at radius 1 is 1.25 bits per heavy atom. The molecule has 0 aliphatic rings. The predicted molar refractivity (Wildman–Crippen MR) is 90.8 cm³/mol. The topological polar surface area (TPSA) is 77.0 Å². The van der Waals surface area contributed by atoms with Gasteiger partial charge in [0.25, 0.3) is 5.91 Å². The van der Waals surface area contributed by atoms with E-state index >= 15 is 0 Å². The monoisotopic (exact) mass is 340 g/mol. The molecule has 0 spiro atoms. The normalized spacial score (nSPS) is 10.4.